The predicted molar refractivity (Wildman–Crippen MR) is 101 cm³/mol. The van der Waals surface area contributed by atoms with E-state index < -0.39 is 0 Å². The summed E-state index contributed by atoms with van der Waals surface area (Å²) in [6.45, 7) is 1.20. The molecule has 24 heavy (non-hydrogen) atoms. The fraction of sp³-hybridized carbons (Fsp3) is 0.111. The van der Waals surface area contributed by atoms with Gasteiger partial charge in [0.05, 0.1) is 16.7 Å². The molecule has 2 aromatic carbocycles. The fourth-order valence-corrected chi connectivity index (χ4v) is 3.00. The lowest BCUT2D eigenvalue weighted by atomic mass is 10.2. The third-order valence-electron chi connectivity index (χ3n) is 3.87. The van der Waals surface area contributed by atoms with E-state index in [2.05, 4.69) is 50.0 Å². The van der Waals surface area contributed by atoms with Gasteiger partial charge in [-0.15, -0.1) is 0 Å². The van der Waals surface area contributed by atoms with Crippen molar-refractivity contribution in [3.8, 4) is 11.3 Å². The standard InChI is InChI=1S/C18H16BrN5/c19-13-7-5-12(6-8-13)15-11-24-16-4-2-1-3-14(16)22-17(18(24)23-15)21-10-9-20/h1-8,11H,9-10,20H2,(H,21,22). The zero-order valence-corrected chi connectivity index (χ0v) is 14.5. The van der Waals surface area contributed by atoms with Crippen LogP contribution in [0.1, 0.15) is 0 Å². The minimum absolute atomic E-state index is 0.543. The Bertz CT molecular complexity index is 1010. The number of benzene rings is 2. The van der Waals surface area contributed by atoms with Crippen molar-refractivity contribution in [3.05, 3.63) is 59.2 Å². The van der Waals surface area contributed by atoms with Crippen LogP contribution in [0.15, 0.2) is 59.2 Å². The summed E-state index contributed by atoms with van der Waals surface area (Å²) in [7, 11) is 0. The zero-order chi connectivity index (χ0) is 16.5. The van der Waals surface area contributed by atoms with E-state index in [1.165, 1.54) is 0 Å². The number of rotatable bonds is 4. The van der Waals surface area contributed by atoms with Crippen molar-refractivity contribution >= 4 is 38.4 Å². The molecule has 0 saturated heterocycles. The molecule has 5 nitrogen and oxygen atoms in total. The average molecular weight is 382 g/mol. The highest BCUT2D eigenvalue weighted by Gasteiger charge is 2.12. The van der Waals surface area contributed by atoms with Crippen molar-refractivity contribution in [3.63, 3.8) is 0 Å². The van der Waals surface area contributed by atoms with Gasteiger partial charge in [0, 0.05) is 29.3 Å². The molecule has 0 amide bonds. The molecule has 3 N–H and O–H groups in total. The van der Waals surface area contributed by atoms with Gasteiger partial charge in [-0.05, 0) is 24.3 Å². The van der Waals surface area contributed by atoms with E-state index in [0.29, 0.717) is 13.1 Å². The molecule has 2 heterocycles. The van der Waals surface area contributed by atoms with Crippen LogP contribution in [0.2, 0.25) is 0 Å². The van der Waals surface area contributed by atoms with Crippen LogP contribution >= 0.6 is 15.9 Å². The van der Waals surface area contributed by atoms with Gasteiger partial charge in [-0.1, -0.05) is 40.2 Å². The molecular weight excluding hydrogens is 366 g/mol. The molecule has 0 aliphatic carbocycles. The first-order valence-corrected chi connectivity index (χ1v) is 8.53. The summed E-state index contributed by atoms with van der Waals surface area (Å²) in [5.74, 6) is 0.752. The monoisotopic (exact) mass is 381 g/mol. The van der Waals surface area contributed by atoms with Gasteiger partial charge in [0.2, 0.25) is 0 Å². The largest absolute Gasteiger partial charge is 0.366 e. The maximum Gasteiger partial charge on any atom is 0.181 e. The zero-order valence-electron chi connectivity index (χ0n) is 12.9. The molecule has 4 aromatic rings. The van der Waals surface area contributed by atoms with Crippen LogP contribution in [0.5, 0.6) is 0 Å². The number of hydrogen-bond acceptors (Lipinski definition) is 4. The summed E-state index contributed by atoms with van der Waals surface area (Å²) in [6, 6.07) is 16.2. The molecule has 0 spiro atoms. The number of nitrogens with zero attached hydrogens (tertiary/aromatic N) is 3. The molecule has 2 aromatic heterocycles. The Labute approximate surface area is 147 Å². The van der Waals surface area contributed by atoms with Crippen molar-refractivity contribution in [2.45, 2.75) is 0 Å². The van der Waals surface area contributed by atoms with Gasteiger partial charge in [0.1, 0.15) is 0 Å². The molecule has 0 fully saturated rings. The lowest BCUT2D eigenvalue weighted by molar-refractivity contribution is 1.01. The molecule has 0 atom stereocenters. The van der Waals surface area contributed by atoms with Crippen LogP contribution < -0.4 is 11.1 Å². The summed E-state index contributed by atoms with van der Waals surface area (Å²) in [6.07, 6.45) is 2.05. The second kappa shape index (κ2) is 6.22. The van der Waals surface area contributed by atoms with E-state index in [0.717, 1.165) is 38.2 Å². The molecular formula is C18H16BrN5. The van der Waals surface area contributed by atoms with Gasteiger partial charge in [0.25, 0.3) is 0 Å². The van der Waals surface area contributed by atoms with Gasteiger partial charge in [-0.2, -0.15) is 0 Å². The number of hydrogen-bond donors (Lipinski definition) is 2. The molecule has 0 radical (unpaired) electrons. The van der Waals surface area contributed by atoms with Crippen molar-refractivity contribution in [1.29, 1.82) is 0 Å². The van der Waals surface area contributed by atoms with Crippen LogP contribution in [-0.2, 0) is 0 Å². The summed E-state index contributed by atoms with van der Waals surface area (Å²) in [4.78, 5) is 9.50. The summed E-state index contributed by atoms with van der Waals surface area (Å²) in [5.41, 5.74) is 10.4. The molecule has 0 bridgehead atoms. The topological polar surface area (TPSA) is 68.2 Å². The first-order chi connectivity index (χ1) is 11.8. The molecule has 0 aliphatic rings. The smallest absolute Gasteiger partial charge is 0.181 e. The van der Waals surface area contributed by atoms with Gasteiger partial charge < -0.3 is 11.1 Å². The normalized spacial score (nSPS) is 11.2. The Morgan fingerprint density at radius 1 is 1.04 bits per heavy atom. The molecule has 4 rings (SSSR count). The van der Waals surface area contributed by atoms with E-state index in [1.807, 2.05) is 30.3 Å². The number of halogens is 1. The highest BCUT2D eigenvalue weighted by molar-refractivity contribution is 9.10. The van der Waals surface area contributed by atoms with Crippen molar-refractivity contribution in [2.75, 3.05) is 18.4 Å². The third kappa shape index (κ3) is 2.64. The van der Waals surface area contributed by atoms with Crippen molar-refractivity contribution in [1.82, 2.24) is 14.4 Å². The molecule has 120 valence electrons. The van der Waals surface area contributed by atoms with Gasteiger partial charge in [-0.25, -0.2) is 9.97 Å². The lowest BCUT2D eigenvalue weighted by Gasteiger charge is -2.08. The Morgan fingerprint density at radius 3 is 2.62 bits per heavy atom. The van der Waals surface area contributed by atoms with Gasteiger partial charge >= 0.3 is 0 Å². The van der Waals surface area contributed by atoms with E-state index in [1.54, 1.807) is 0 Å². The number of aromatic nitrogens is 3. The fourth-order valence-electron chi connectivity index (χ4n) is 2.73. The average Bonchev–Trinajstić information content (AvgIpc) is 3.06. The molecule has 0 saturated carbocycles. The highest BCUT2D eigenvalue weighted by Crippen LogP contribution is 2.27. The van der Waals surface area contributed by atoms with E-state index in [-0.39, 0.29) is 0 Å². The second-order valence-electron chi connectivity index (χ2n) is 5.49. The third-order valence-corrected chi connectivity index (χ3v) is 4.40. The molecule has 6 heteroatoms. The maximum absolute atomic E-state index is 5.62. The number of fused-ring (bicyclic) bond motifs is 3. The molecule has 0 unspecified atom stereocenters. The number of anilines is 1. The van der Waals surface area contributed by atoms with Crippen LogP contribution in [0.25, 0.3) is 27.9 Å². The van der Waals surface area contributed by atoms with Crippen LogP contribution in [0.4, 0.5) is 5.82 Å². The van der Waals surface area contributed by atoms with E-state index >= 15 is 0 Å². The van der Waals surface area contributed by atoms with E-state index in [9.17, 15) is 0 Å². The van der Waals surface area contributed by atoms with Crippen LogP contribution in [0.3, 0.4) is 0 Å². The Kier molecular flexibility index (Phi) is 3.92. The van der Waals surface area contributed by atoms with Crippen LogP contribution in [-0.4, -0.2) is 27.5 Å². The Hall–Kier alpha value is -2.44. The first-order valence-electron chi connectivity index (χ1n) is 7.74. The summed E-state index contributed by atoms with van der Waals surface area (Å²) >= 11 is 3.47. The van der Waals surface area contributed by atoms with Gasteiger partial charge in [0.15, 0.2) is 11.5 Å². The summed E-state index contributed by atoms with van der Waals surface area (Å²) in [5, 5.41) is 3.28. The number of nitrogens with one attached hydrogen (secondary N) is 1. The predicted octanol–water partition coefficient (Wildman–Crippen LogP) is 3.68. The quantitative estimate of drug-likeness (QED) is 0.565. The van der Waals surface area contributed by atoms with Crippen molar-refractivity contribution in [2.24, 2.45) is 5.73 Å². The second-order valence-corrected chi connectivity index (χ2v) is 6.41. The molecule has 0 aliphatic heterocycles. The number of imidazole rings is 1. The van der Waals surface area contributed by atoms with Gasteiger partial charge in [-0.3, -0.25) is 4.40 Å². The SMILES string of the molecule is NCCNc1nc2ccccc2n2cc(-c3ccc(Br)cc3)nc12. The summed E-state index contributed by atoms with van der Waals surface area (Å²) < 4.78 is 3.13. The minimum atomic E-state index is 0.543. The van der Waals surface area contributed by atoms with Crippen LogP contribution in [0, 0.1) is 0 Å². The minimum Gasteiger partial charge on any atom is -0.366 e. The Balaban J connectivity index is 1.95. The number of para-hydroxylation sites is 2. The van der Waals surface area contributed by atoms with E-state index in [4.69, 9.17) is 15.7 Å². The number of nitrogens with two attached hydrogens (primary N) is 1. The Morgan fingerprint density at radius 2 is 1.83 bits per heavy atom. The lowest BCUT2D eigenvalue weighted by Crippen LogP contribution is -2.14. The van der Waals surface area contributed by atoms with Crippen molar-refractivity contribution < 1.29 is 0 Å². The highest BCUT2D eigenvalue weighted by atomic mass is 79.9. The first kappa shape index (κ1) is 15.1. The maximum atomic E-state index is 5.62.